The average Bonchev–Trinajstić information content (AvgIpc) is 2.95. The number of anilines is 1. The molecule has 0 bridgehead atoms. The minimum atomic E-state index is 0.684. The van der Waals surface area contributed by atoms with E-state index in [4.69, 9.17) is 5.84 Å². The van der Waals surface area contributed by atoms with Gasteiger partial charge in [-0.1, -0.05) is 31.0 Å². The molecule has 2 heteroatoms. The quantitative estimate of drug-likeness (QED) is 0.721. The molecule has 2 nitrogen and oxygen atoms in total. The first-order valence-electron chi connectivity index (χ1n) is 5.46. The van der Waals surface area contributed by atoms with Crippen LogP contribution in [0.3, 0.4) is 0 Å². The monoisotopic (exact) mass is 188 g/mol. The summed E-state index contributed by atoms with van der Waals surface area (Å²) >= 11 is 0. The predicted octanol–water partition coefficient (Wildman–Crippen LogP) is 2.26. The summed E-state index contributed by atoms with van der Waals surface area (Å²) in [5.41, 5.74) is 2.69. The van der Waals surface area contributed by atoms with E-state index in [2.05, 4.69) is 24.3 Å². The van der Waals surface area contributed by atoms with E-state index in [1.54, 1.807) is 0 Å². The Bertz CT molecular complexity index is 342. The van der Waals surface area contributed by atoms with Crippen LogP contribution in [0.5, 0.6) is 0 Å². The SMILES string of the molecule is NN1CC(CC2CC2)c2ccccc21. The van der Waals surface area contributed by atoms with Crippen molar-refractivity contribution in [2.24, 2.45) is 11.8 Å². The third-order valence-corrected chi connectivity index (χ3v) is 3.42. The van der Waals surface area contributed by atoms with Crippen LogP contribution in [0.4, 0.5) is 5.69 Å². The zero-order valence-corrected chi connectivity index (χ0v) is 8.32. The summed E-state index contributed by atoms with van der Waals surface area (Å²) in [5, 5.41) is 1.91. The van der Waals surface area contributed by atoms with Crippen molar-refractivity contribution in [2.75, 3.05) is 11.6 Å². The Balaban J connectivity index is 1.88. The smallest absolute Gasteiger partial charge is 0.0552 e. The second-order valence-corrected chi connectivity index (χ2v) is 4.59. The number of rotatable bonds is 2. The van der Waals surface area contributed by atoms with Gasteiger partial charge in [-0.25, -0.2) is 5.84 Å². The molecule has 0 amide bonds. The van der Waals surface area contributed by atoms with Crippen LogP contribution in [0.15, 0.2) is 24.3 Å². The van der Waals surface area contributed by atoms with Gasteiger partial charge in [0.1, 0.15) is 0 Å². The van der Waals surface area contributed by atoms with Crippen molar-refractivity contribution in [3.05, 3.63) is 29.8 Å². The lowest BCUT2D eigenvalue weighted by molar-refractivity contribution is 0.594. The second kappa shape index (κ2) is 2.99. The van der Waals surface area contributed by atoms with Crippen LogP contribution in [-0.4, -0.2) is 6.54 Å². The van der Waals surface area contributed by atoms with Crippen molar-refractivity contribution in [3.63, 3.8) is 0 Å². The van der Waals surface area contributed by atoms with Gasteiger partial charge in [0.05, 0.1) is 5.69 Å². The van der Waals surface area contributed by atoms with Gasteiger partial charge in [0, 0.05) is 12.5 Å². The van der Waals surface area contributed by atoms with Crippen LogP contribution >= 0.6 is 0 Å². The van der Waals surface area contributed by atoms with Crippen LogP contribution in [0, 0.1) is 5.92 Å². The second-order valence-electron chi connectivity index (χ2n) is 4.59. The first-order valence-corrected chi connectivity index (χ1v) is 5.46. The van der Waals surface area contributed by atoms with E-state index < -0.39 is 0 Å². The number of benzene rings is 1. The van der Waals surface area contributed by atoms with Crippen LogP contribution in [0.25, 0.3) is 0 Å². The first-order chi connectivity index (χ1) is 6.84. The highest BCUT2D eigenvalue weighted by Crippen LogP contribution is 2.43. The predicted molar refractivity (Wildman–Crippen MR) is 58.1 cm³/mol. The Kier molecular flexibility index (Phi) is 1.77. The number of fused-ring (bicyclic) bond motifs is 1. The zero-order chi connectivity index (χ0) is 9.54. The largest absolute Gasteiger partial charge is 0.310 e. The van der Waals surface area contributed by atoms with Gasteiger partial charge in [-0.3, -0.25) is 0 Å². The molecule has 1 fully saturated rings. The third kappa shape index (κ3) is 1.30. The summed E-state index contributed by atoms with van der Waals surface area (Å²) < 4.78 is 0. The normalized spacial score (nSPS) is 25.2. The molecule has 2 N–H and O–H groups in total. The molecule has 1 atom stereocenters. The summed E-state index contributed by atoms with van der Waals surface area (Å²) in [7, 11) is 0. The molecule has 0 radical (unpaired) electrons. The van der Waals surface area contributed by atoms with Crippen molar-refractivity contribution in [2.45, 2.75) is 25.2 Å². The van der Waals surface area contributed by atoms with Crippen molar-refractivity contribution < 1.29 is 0 Å². The van der Waals surface area contributed by atoms with Gasteiger partial charge in [0.2, 0.25) is 0 Å². The highest BCUT2D eigenvalue weighted by molar-refractivity contribution is 5.58. The Morgan fingerprint density at radius 2 is 2.07 bits per heavy atom. The molecule has 1 aromatic rings. The van der Waals surface area contributed by atoms with Gasteiger partial charge in [-0.2, -0.15) is 0 Å². The summed E-state index contributed by atoms with van der Waals surface area (Å²) in [4.78, 5) is 0. The van der Waals surface area contributed by atoms with Gasteiger partial charge >= 0.3 is 0 Å². The van der Waals surface area contributed by atoms with Gasteiger partial charge in [-0.05, 0) is 24.0 Å². The van der Waals surface area contributed by atoms with Gasteiger partial charge in [0.25, 0.3) is 0 Å². The van der Waals surface area contributed by atoms with E-state index in [-0.39, 0.29) is 0 Å². The molecule has 3 rings (SSSR count). The van der Waals surface area contributed by atoms with E-state index >= 15 is 0 Å². The number of nitrogens with zero attached hydrogens (tertiary/aromatic N) is 1. The molecule has 14 heavy (non-hydrogen) atoms. The highest BCUT2D eigenvalue weighted by atomic mass is 15.4. The molecule has 1 unspecified atom stereocenters. The highest BCUT2D eigenvalue weighted by Gasteiger charge is 2.32. The fourth-order valence-corrected chi connectivity index (χ4v) is 2.49. The van der Waals surface area contributed by atoms with Crippen LogP contribution in [0.2, 0.25) is 0 Å². The Morgan fingerprint density at radius 1 is 1.29 bits per heavy atom. The summed E-state index contributed by atoms with van der Waals surface area (Å²) in [6, 6.07) is 8.55. The molecule has 1 heterocycles. The Labute approximate surface area is 84.7 Å². The van der Waals surface area contributed by atoms with Crippen molar-refractivity contribution in [1.82, 2.24) is 0 Å². The maximum absolute atomic E-state index is 5.97. The fraction of sp³-hybridized carbons (Fsp3) is 0.500. The van der Waals surface area contributed by atoms with Crippen molar-refractivity contribution >= 4 is 5.69 Å². The summed E-state index contributed by atoms with van der Waals surface area (Å²) in [6.07, 6.45) is 4.21. The fourth-order valence-electron chi connectivity index (χ4n) is 2.49. The van der Waals surface area contributed by atoms with Gasteiger partial charge < -0.3 is 5.01 Å². The molecule has 1 aromatic carbocycles. The first kappa shape index (κ1) is 8.30. The molecular formula is C12H16N2. The number of para-hydroxylation sites is 1. The lowest BCUT2D eigenvalue weighted by Gasteiger charge is -2.11. The number of hydrogen-bond acceptors (Lipinski definition) is 2. The number of hydrazine groups is 1. The summed E-state index contributed by atoms with van der Waals surface area (Å²) in [5.74, 6) is 7.64. The lowest BCUT2D eigenvalue weighted by atomic mass is 9.96. The average molecular weight is 188 g/mol. The molecule has 0 aromatic heterocycles. The maximum atomic E-state index is 5.97. The molecule has 1 saturated carbocycles. The van der Waals surface area contributed by atoms with E-state index in [0.29, 0.717) is 5.92 Å². The Morgan fingerprint density at radius 3 is 2.86 bits per heavy atom. The van der Waals surface area contributed by atoms with E-state index in [0.717, 1.165) is 12.5 Å². The third-order valence-electron chi connectivity index (χ3n) is 3.42. The van der Waals surface area contributed by atoms with E-state index in [9.17, 15) is 0 Å². The molecular weight excluding hydrogens is 172 g/mol. The summed E-state index contributed by atoms with van der Waals surface area (Å²) in [6.45, 7) is 1.01. The zero-order valence-electron chi connectivity index (χ0n) is 8.32. The Hall–Kier alpha value is -1.02. The van der Waals surface area contributed by atoms with Crippen molar-refractivity contribution in [3.8, 4) is 0 Å². The molecule has 0 saturated heterocycles. The van der Waals surface area contributed by atoms with Crippen LogP contribution in [-0.2, 0) is 0 Å². The van der Waals surface area contributed by atoms with E-state index in [1.165, 1.54) is 30.5 Å². The molecule has 74 valence electrons. The van der Waals surface area contributed by atoms with Crippen molar-refractivity contribution in [1.29, 1.82) is 0 Å². The van der Waals surface area contributed by atoms with Gasteiger partial charge in [-0.15, -0.1) is 0 Å². The van der Waals surface area contributed by atoms with Gasteiger partial charge in [0.15, 0.2) is 0 Å². The molecule has 1 aliphatic carbocycles. The standard InChI is InChI=1S/C12H16N2/c13-14-8-10(7-9-5-6-9)11-3-1-2-4-12(11)14/h1-4,9-10H,5-8,13H2. The van der Waals surface area contributed by atoms with E-state index in [1.807, 2.05) is 5.01 Å². The molecule has 0 spiro atoms. The molecule has 2 aliphatic rings. The van der Waals surface area contributed by atoms with Crippen LogP contribution in [0.1, 0.15) is 30.7 Å². The lowest BCUT2D eigenvalue weighted by Crippen LogP contribution is -2.29. The number of hydrogen-bond donors (Lipinski definition) is 1. The minimum absolute atomic E-state index is 0.684. The minimum Gasteiger partial charge on any atom is -0.310 e. The van der Waals surface area contributed by atoms with Crippen LogP contribution < -0.4 is 10.9 Å². The maximum Gasteiger partial charge on any atom is 0.0552 e. The topological polar surface area (TPSA) is 29.3 Å². The number of nitrogens with two attached hydrogens (primary N) is 1. The molecule has 1 aliphatic heterocycles.